The molecule has 0 radical (unpaired) electrons. The number of nitriles is 1. The van der Waals surface area contributed by atoms with E-state index in [-0.39, 0.29) is 0 Å². The van der Waals surface area contributed by atoms with E-state index in [4.69, 9.17) is 0 Å². The highest BCUT2D eigenvalue weighted by atomic mass is 79.9. The first-order valence-electron chi connectivity index (χ1n) is 6.81. The first-order chi connectivity index (χ1) is 10.3. The molecule has 21 heavy (non-hydrogen) atoms. The summed E-state index contributed by atoms with van der Waals surface area (Å²) < 4.78 is 3.25. The average Bonchev–Trinajstić information content (AvgIpc) is 3.07. The van der Waals surface area contributed by atoms with Gasteiger partial charge in [0.15, 0.2) is 0 Å². The van der Waals surface area contributed by atoms with E-state index in [0.717, 1.165) is 51.8 Å². The van der Waals surface area contributed by atoms with Gasteiger partial charge in [0.1, 0.15) is 17.9 Å². The summed E-state index contributed by atoms with van der Waals surface area (Å²) in [6, 6.07) is 10.4. The van der Waals surface area contributed by atoms with Crippen molar-refractivity contribution in [1.29, 1.82) is 5.26 Å². The monoisotopic (exact) mass is 338 g/mol. The molecule has 1 aliphatic heterocycles. The van der Waals surface area contributed by atoms with Crippen molar-refractivity contribution < 1.29 is 0 Å². The van der Waals surface area contributed by atoms with E-state index in [2.05, 4.69) is 36.5 Å². The summed E-state index contributed by atoms with van der Waals surface area (Å²) in [5, 5.41) is 9.46. The Morgan fingerprint density at radius 1 is 1.19 bits per heavy atom. The molecule has 2 aromatic heterocycles. The second-order valence-corrected chi connectivity index (χ2v) is 6.03. The Hall–Kier alpha value is -2.19. The van der Waals surface area contributed by atoms with Crippen LogP contribution in [0.15, 0.2) is 35.1 Å². The van der Waals surface area contributed by atoms with Gasteiger partial charge in [-0.2, -0.15) is 5.26 Å². The fourth-order valence-corrected chi connectivity index (χ4v) is 3.34. The predicted molar refractivity (Wildman–Crippen MR) is 83.7 cm³/mol. The van der Waals surface area contributed by atoms with E-state index in [1.807, 2.05) is 24.3 Å². The number of fused-ring (bicyclic) bond motifs is 3. The fraction of sp³-hybridized carbons (Fsp3) is 0.188. The molecule has 0 N–H and O–H groups in total. The van der Waals surface area contributed by atoms with Crippen LogP contribution in [-0.4, -0.2) is 14.5 Å². The summed E-state index contributed by atoms with van der Waals surface area (Å²) in [4.78, 5) is 8.83. The Morgan fingerprint density at radius 3 is 2.76 bits per heavy atom. The molecule has 0 bridgehead atoms. The van der Waals surface area contributed by atoms with Crippen LogP contribution < -0.4 is 0 Å². The second-order valence-electron chi connectivity index (χ2n) is 5.12. The van der Waals surface area contributed by atoms with Crippen LogP contribution in [0.4, 0.5) is 0 Å². The molecule has 5 heteroatoms. The molecule has 0 aliphatic carbocycles. The van der Waals surface area contributed by atoms with Gasteiger partial charge in [0, 0.05) is 22.3 Å². The lowest BCUT2D eigenvalue weighted by molar-refractivity contribution is 0.771. The summed E-state index contributed by atoms with van der Waals surface area (Å²) in [5.74, 6) is 0. The molecule has 1 aliphatic rings. The Balaban J connectivity index is 2.07. The van der Waals surface area contributed by atoms with E-state index in [9.17, 15) is 5.26 Å². The minimum Gasteiger partial charge on any atom is -0.340 e. The van der Waals surface area contributed by atoms with Crippen molar-refractivity contribution in [3.8, 4) is 17.3 Å². The van der Waals surface area contributed by atoms with Gasteiger partial charge in [0.25, 0.3) is 0 Å². The van der Waals surface area contributed by atoms with Crippen LogP contribution in [0.2, 0.25) is 0 Å². The highest BCUT2D eigenvalue weighted by Crippen LogP contribution is 2.34. The van der Waals surface area contributed by atoms with Crippen LogP contribution in [-0.2, 0) is 13.0 Å². The van der Waals surface area contributed by atoms with Crippen molar-refractivity contribution in [2.24, 2.45) is 0 Å². The lowest BCUT2D eigenvalue weighted by Gasteiger charge is -2.06. The molecule has 0 unspecified atom stereocenters. The molecule has 102 valence electrons. The number of hydrogen-bond donors (Lipinski definition) is 0. The highest BCUT2D eigenvalue weighted by molar-refractivity contribution is 9.10. The average molecular weight is 339 g/mol. The van der Waals surface area contributed by atoms with Crippen LogP contribution in [0, 0.1) is 11.3 Å². The molecular weight excluding hydrogens is 328 g/mol. The van der Waals surface area contributed by atoms with Gasteiger partial charge in [-0.15, -0.1) is 0 Å². The van der Waals surface area contributed by atoms with Crippen molar-refractivity contribution in [3.05, 3.63) is 46.3 Å². The van der Waals surface area contributed by atoms with Crippen molar-refractivity contribution in [3.63, 3.8) is 0 Å². The zero-order chi connectivity index (χ0) is 14.4. The zero-order valence-corrected chi connectivity index (χ0v) is 12.8. The van der Waals surface area contributed by atoms with Gasteiger partial charge in [-0.3, -0.25) is 0 Å². The number of rotatable bonds is 1. The molecule has 3 aromatic rings. The smallest absolute Gasteiger partial charge is 0.116 e. The molecule has 3 heterocycles. The van der Waals surface area contributed by atoms with E-state index >= 15 is 0 Å². The van der Waals surface area contributed by atoms with Gasteiger partial charge in [-0.05, 0) is 25.0 Å². The molecule has 0 saturated carbocycles. The fourth-order valence-electron chi connectivity index (χ4n) is 3.07. The number of nitrogens with zero attached hydrogens (tertiary/aromatic N) is 4. The standard InChI is InChI=1S/C16H11BrN4/c17-11-5-3-10(4-6-11)14-16-15(20-9-19-14)12(8-18)13-2-1-7-21(13)16/h3-6,9H,1-2,7H2. The normalized spacial score (nSPS) is 13.3. The van der Waals surface area contributed by atoms with Crippen LogP contribution in [0.25, 0.3) is 22.3 Å². The maximum absolute atomic E-state index is 9.46. The number of halogens is 1. The van der Waals surface area contributed by atoms with Gasteiger partial charge >= 0.3 is 0 Å². The summed E-state index contributed by atoms with van der Waals surface area (Å²) in [6.45, 7) is 0.935. The second kappa shape index (κ2) is 4.68. The van der Waals surface area contributed by atoms with Gasteiger partial charge in [0.2, 0.25) is 0 Å². The molecule has 0 saturated heterocycles. The largest absolute Gasteiger partial charge is 0.340 e. The number of aromatic nitrogens is 3. The first kappa shape index (κ1) is 12.5. The number of hydrogen-bond acceptors (Lipinski definition) is 3. The van der Waals surface area contributed by atoms with Crippen molar-refractivity contribution in [1.82, 2.24) is 14.5 Å². The minimum absolute atomic E-state index is 0.711. The summed E-state index contributed by atoms with van der Waals surface area (Å²) in [7, 11) is 0. The lowest BCUT2D eigenvalue weighted by Crippen LogP contribution is -1.96. The zero-order valence-electron chi connectivity index (χ0n) is 11.2. The Labute approximate surface area is 130 Å². The molecule has 1 aromatic carbocycles. The van der Waals surface area contributed by atoms with Crippen LogP contribution >= 0.6 is 15.9 Å². The third-order valence-corrected chi connectivity index (χ3v) is 4.50. The van der Waals surface area contributed by atoms with E-state index in [1.54, 1.807) is 6.33 Å². The molecule has 0 fully saturated rings. The molecule has 4 nitrogen and oxygen atoms in total. The van der Waals surface area contributed by atoms with Gasteiger partial charge in [0.05, 0.1) is 16.8 Å². The highest BCUT2D eigenvalue weighted by Gasteiger charge is 2.24. The summed E-state index contributed by atoms with van der Waals surface area (Å²) in [6.07, 6.45) is 3.57. The predicted octanol–water partition coefficient (Wildman–Crippen LogP) is 3.68. The van der Waals surface area contributed by atoms with Crippen LogP contribution in [0.5, 0.6) is 0 Å². The minimum atomic E-state index is 0.711. The lowest BCUT2D eigenvalue weighted by atomic mass is 10.1. The Kier molecular flexibility index (Phi) is 2.79. The molecule has 0 atom stereocenters. The SMILES string of the molecule is N#Cc1c2n(c3c(-c4ccc(Br)cc4)ncnc13)CCC2. The topological polar surface area (TPSA) is 54.5 Å². The van der Waals surface area contributed by atoms with Gasteiger partial charge in [-0.25, -0.2) is 9.97 Å². The van der Waals surface area contributed by atoms with E-state index < -0.39 is 0 Å². The maximum atomic E-state index is 9.46. The van der Waals surface area contributed by atoms with Crippen molar-refractivity contribution >= 4 is 27.0 Å². The number of benzene rings is 1. The summed E-state index contributed by atoms with van der Waals surface area (Å²) >= 11 is 3.45. The quantitative estimate of drug-likeness (QED) is 0.680. The summed E-state index contributed by atoms with van der Waals surface area (Å²) in [5.41, 5.74) is 5.53. The third-order valence-electron chi connectivity index (χ3n) is 3.97. The Bertz CT molecular complexity index is 887. The Morgan fingerprint density at radius 2 is 2.00 bits per heavy atom. The van der Waals surface area contributed by atoms with Crippen LogP contribution in [0.1, 0.15) is 17.7 Å². The maximum Gasteiger partial charge on any atom is 0.116 e. The molecule has 4 rings (SSSR count). The van der Waals surface area contributed by atoms with Crippen molar-refractivity contribution in [2.75, 3.05) is 0 Å². The van der Waals surface area contributed by atoms with E-state index in [1.165, 1.54) is 0 Å². The third kappa shape index (κ3) is 1.79. The number of aryl methyl sites for hydroxylation is 1. The first-order valence-corrected chi connectivity index (χ1v) is 7.61. The van der Waals surface area contributed by atoms with E-state index in [0.29, 0.717) is 5.56 Å². The molecular formula is C16H11BrN4. The molecule has 0 amide bonds. The molecule has 0 spiro atoms. The van der Waals surface area contributed by atoms with Crippen molar-refractivity contribution in [2.45, 2.75) is 19.4 Å². The van der Waals surface area contributed by atoms with Gasteiger partial charge < -0.3 is 4.57 Å². The van der Waals surface area contributed by atoms with Gasteiger partial charge in [-0.1, -0.05) is 28.1 Å². The van der Waals surface area contributed by atoms with Crippen LogP contribution in [0.3, 0.4) is 0 Å².